The number of nitriles is 1. The number of hydrazine groups is 1. The largest absolute Gasteiger partial charge is 0.327 e. The molecule has 0 aromatic rings. The van der Waals surface area contributed by atoms with Gasteiger partial charge >= 0.3 is 0 Å². The third-order valence-corrected chi connectivity index (χ3v) is 2.01. The molecule has 0 heterocycles. The molecule has 0 spiro atoms. The predicted octanol–water partition coefficient (Wildman–Crippen LogP) is 1.68. The van der Waals surface area contributed by atoms with Gasteiger partial charge in [0.05, 0.1) is 12.5 Å². The Hall–Kier alpha value is -1.01. The molecule has 12 heavy (non-hydrogen) atoms. The Bertz CT molecular complexity index is 215. The van der Waals surface area contributed by atoms with Crippen molar-refractivity contribution in [2.24, 2.45) is 11.3 Å². The Kier molecular flexibility index (Phi) is 3.78. The molecule has 3 heteroatoms. The normalized spacial score (nSPS) is 13.3. The van der Waals surface area contributed by atoms with Gasteiger partial charge in [0.1, 0.15) is 0 Å². The van der Waals surface area contributed by atoms with Gasteiger partial charge in [-0.3, -0.25) is 5.84 Å². The Labute approximate surface area is 74.2 Å². The van der Waals surface area contributed by atoms with Crippen LogP contribution in [0.4, 0.5) is 0 Å². The molecule has 0 rings (SSSR count). The van der Waals surface area contributed by atoms with Crippen LogP contribution in [0.3, 0.4) is 0 Å². The third-order valence-electron chi connectivity index (χ3n) is 2.01. The molecule has 3 nitrogen and oxygen atoms in total. The molecule has 0 fully saturated rings. The summed E-state index contributed by atoms with van der Waals surface area (Å²) in [5, 5.41) is 8.50. The fourth-order valence-electron chi connectivity index (χ4n) is 0.824. The lowest BCUT2D eigenvalue weighted by atomic mass is 9.86. The number of nitrogens with two attached hydrogens (primary N) is 1. The first-order valence-electron chi connectivity index (χ1n) is 3.97. The minimum atomic E-state index is 0.0680. The van der Waals surface area contributed by atoms with Crippen molar-refractivity contribution >= 4 is 0 Å². The molecule has 0 radical (unpaired) electrons. The summed E-state index contributed by atoms with van der Waals surface area (Å²) in [6.07, 6.45) is 0.347. The maximum absolute atomic E-state index is 8.50. The van der Waals surface area contributed by atoms with Gasteiger partial charge in [-0.05, 0) is 17.9 Å². The molecule has 0 aliphatic carbocycles. The number of hydrogen-bond acceptors (Lipinski definition) is 3. The Morgan fingerprint density at radius 3 is 2.25 bits per heavy atom. The molecule has 68 valence electrons. The molecule has 0 unspecified atom stereocenters. The van der Waals surface area contributed by atoms with E-state index >= 15 is 0 Å². The van der Waals surface area contributed by atoms with Crippen molar-refractivity contribution in [3.63, 3.8) is 0 Å². The Morgan fingerprint density at radius 2 is 2.00 bits per heavy atom. The molecule has 0 saturated carbocycles. The molecule has 0 atom stereocenters. The van der Waals surface area contributed by atoms with Crippen LogP contribution in [0.2, 0.25) is 0 Å². The maximum atomic E-state index is 8.50. The molecule has 0 aliphatic heterocycles. The van der Waals surface area contributed by atoms with E-state index < -0.39 is 0 Å². The van der Waals surface area contributed by atoms with E-state index in [4.69, 9.17) is 11.1 Å². The number of allylic oxidation sites excluding steroid dienone is 2. The van der Waals surface area contributed by atoms with Gasteiger partial charge in [-0.2, -0.15) is 5.26 Å². The van der Waals surface area contributed by atoms with Gasteiger partial charge in [0, 0.05) is 5.70 Å². The lowest BCUT2D eigenvalue weighted by molar-refractivity contribution is 0.491. The number of rotatable bonds is 2. The highest BCUT2D eigenvalue weighted by molar-refractivity contribution is 5.18. The van der Waals surface area contributed by atoms with Crippen LogP contribution in [0.25, 0.3) is 0 Å². The molecule has 0 amide bonds. The minimum Gasteiger partial charge on any atom is -0.327 e. The quantitative estimate of drug-likeness (QED) is 0.486. The first-order valence-corrected chi connectivity index (χ1v) is 3.97. The minimum absolute atomic E-state index is 0.0680. The van der Waals surface area contributed by atoms with Crippen LogP contribution >= 0.6 is 0 Å². The highest BCUT2D eigenvalue weighted by Gasteiger charge is 2.16. The van der Waals surface area contributed by atoms with Gasteiger partial charge in [0.2, 0.25) is 0 Å². The summed E-state index contributed by atoms with van der Waals surface area (Å²) in [5.74, 6) is 5.30. The van der Waals surface area contributed by atoms with E-state index in [-0.39, 0.29) is 5.41 Å². The number of nitrogens with zero attached hydrogens (tertiary/aromatic N) is 1. The molecule has 3 N–H and O–H groups in total. The standard InChI is InChI=1S/C9H17N3/c1-7(9(2,3)4)8(12-11)5-6-10/h12H,5,11H2,1-4H3/b8-7-. The maximum Gasteiger partial charge on any atom is 0.0762 e. The van der Waals surface area contributed by atoms with E-state index in [9.17, 15) is 0 Å². The van der Waals surface area contributed by atoms with Crippen LogP contribution in [-0.2, 0) is 0 Å². The number of hydrogen-bond donors (Lipinski definition) is 2. The van der Waals surface area contributed by atoms with Crippen molar-refractivity contribution in [1.82, 2.24) is 5.43 Å². The summed E-state index contributed by atoms with van der Waals surface area (Å²) in [6, 6.07) is 2.07. The van der Waals surface area contributed by atoms with E-state index in [2.05, 4.69) is 32.3 Å². The second-order valence-corrected chi connectivity index (χ2v) is 3.83. The molecule has 0 aromatic heterocycles. The van der Waals surface area contributed by atoms with Gasteiger partial charge in [0.25, 0.3) is 0 Å². The molecule has 0 aliphatic rings. The topological polar surface area (TPSA) is 61.8 Å². The zero-order valence-electron chi connectivity index (χ0n) is 8.23. The van der Waals surface area contributed by atoms with E-state index in [1.165, 1.54) is 0 Å². The van der Waals surface area contributed by atoms with Crippen LogP contribution in [0, 0.1) is 16.7 Å². The van der Waals surface area contributed by atoms with Crippen molar-refractivity contribution in [3.05, 3.63) is 11.3 Å². The van der Waals surface area contributed by atoms with Gasteiger partial charge in [-0.1, -0.05) is 20.8 Å². The smallest absolute Gasteiger partial charge is 0.0762 e. The van der Waals surface area contributed by atoms with Crippen LogP contribution < -0.4 is 11.3 Å². The summed E-state index contributed by atoms with van der Waals surface area (Å²) in [6.45, 7) is 8.28. The third kappa shape index (κ3) is 2.93. The Balaban J connectivity index is 4.75. The summed E-state index contributed by atoms with van der Waals surface area (Å²) in [5.41, 5.74) is 4.59. The highest BCUT2D eigenvalue weighted by Crippen LogP contribution is 2.27. The molecule has 0 aromatic carbocycles. The molecule has 0 saturated heterocycles. The van der Waals surface area contributed by atoms with Crippen LogP contribution in [0.15, 0.2) is 11.3 Å². The molecule has 0 bridgehead atoms. The van der Waals surface area contributed by atoms with E-state index in [0.717, 1.165) is 11.3 Å². The van der Waals surface area contributed by atoms with Crippen molar-refractivity contribution in [2.45, 2.75) is 34.1 Å². The monoisotopic (exact) mass is 167 g/mol. The second-order valence-electron chi connectivity index (χ2n) is 3.83. The second kappa shape index (κ2) is 4.13. The van der Waals surface area contributed by atoms with Crippen molar-refractivity contribution in [3.8, 4) is 6.07 Å². The summed E-state index contributed by atoms with van der Waals surface area (Å²) in [7, 11) is 0. The zero-order chi connectivity index (χ0) is 9.78. The lowest BCUT2D eigenvalue weighted by Crippen LogP contribution is -2.25. The van der Waals surface area contributed by atoms with Gasteiger partial charge in [-0.25, -0.2) is 0 Å². The predicted molar refractivity (Wildman–Crippen MR) is 49.7 cm³/mol. The molecular formula is C9H17N3. The highest BCUT2D eigenvalue weighted by atomic mass is 15.2. The van der Waals surface area contributed by atoms with E-state index in [1.807, 2.05) is 6.92 Å². The van der Waals surface area contributed by atoms with Gasteiger partial charge in [-0.15, -0.1) is 0 Å². The SMILES string of the molecule is C/C(=C(\CC#N)NN)C(C)(C)C. The fraction of sp³-hybridized carbons (Fsp3) is 0.667. The molecular weight excluding hydrogens is 150 g/mol. The number of nitrogens with one attached hydrogen (secondary N) is 1. The average Bonchev–Trinajstić information content (AvgIpc) is 1.97. The van der Waals surface area contributed by atoms with Crippen molar-refractivity contribution in [1.29, 1.82) is 5.26 Å². The van der Waals surface area contributed by atoms with Crippen LogP contribution in [0.5, 0.6) is 0 Å². The van der Waals surface area contributed by atoms with Gasteiger partial charge in [0.15, 0.2) is 0 Å². The summed E-state index contributed by atoms with van der Waals surface area (Å²) < 4.78 is 0. The first-order chi connectivity index (χ1) is 5.43. The lowest BCUT2D eigenvalue weighted by Gasteiger charge is -2.22. The van der Waals surface area contributed by atoms with Crippen molar-refractivity contribution < 1.29 is 0 Å². The first kappa shape index (κ1) is 11.0. The van der Waals surface area contributed by atoms with Crippen LogP contribution in [0.1, 0.15) is 34.1 Å². The zero-order valence-corrected chi connectivity index (χ0v) is 8.23. The van der Waals surface area contributed by atoms with E-state index in [0.29, 0.717) is 6.42 Å². The fourth-order valence-corrected chi connectivity index (χ4v) is 0.824. The summed E-state index contributed by atoms with van der Waals surface area (Å²) >= 11 is 0. The Morgan fingerprint density at radius 1 is 1.50 bits per heavy atom. The van der Waals surface area contributed by atoms with Gasteiger partial charge < -0.3 is 5.43 Å². The average molecular weight is 167 g/mol. The summed E-state index contributed by atoms with van der Waals surface area (Å²) in [4.78, 5) is 0. The van der Waals surface area contributed by atoms with Crippen molar-refractivity contribution in [2.75, 3.05) is 0 Å². The van der Waals surface area contributed by atoms with Crippen LogP contribution in [-0.4, -0.2) is 0 Å². The van der Waals surface area contributed by atoms with E-state index in [1.54, 1.807) is 0 Å².